The second-order valence-corrected chi connectivity index (χ2v) is 4.03. The molecule has 0 saturated heterocycles. The smallest absolute Gasteiger partial charge is 0.326 e. The Morgan fingerprint density at radius 2 is 1.89 bits per heavy atom. The Bertz CT molecular complexity index is 543. The normalized spacial score (nSPS) is 12.2. The fourth-order valence-corrected chi connectivity index (χ4v) is 1.32. The van der Waals surface area contributed by atoms with Crippen molar-refractivity contribution in [3.05, 3.63) is 32.6 Å². The van der Waals surface area contributed by atoms with Crippen molar-refractivity contribution >= 4 is 11.9 Å². The molecule has 0 aliphatic heterocycles. The molecule has 0 saturated carbocycles. The van der Waals surface area contributed by atoms with Crippen molar-refractivity contribution in [1.29, 1.82) is 0 Å². The lowest BCUT2D eigenvalue weighted by atomic mass is 10.0. The highest BCUT2D eigenvalue weighted by Crippen LogP contribution is 2.02. The van der Waals surface area contributed by atoms with Crippen molar-refractivity contribution in [3.63, 3.8) is 0 Å². The van der Waals surface area contributed by atoms with Crippen LogP contribution in [-0.2, 0) is 4.79 Å². The van der Waals surface area contributed by atoms with Crippen LogP contribution >= 0.6 is 0 Å². The van der Waals surface area contributed by atoms with Gasteiger partial charge in [-0.15, -0.1) is 0 Å². The Balaban J connectivity index is 2.97. The molecule has 98 valence electrons. The van der Waals surface area contributed by atoms with Gasteiger partial charge >= 0.3 is 11.7 Å². The minimum absolute atomic E-state index is 0.282. The first-order valence-corrected chi connectivity index (χ1v) is 5.18. The van der Waals surface area contributed by atoms with Crippen molar-refractivity contribution in [2.45, 2.75) is 19.9 Å². The third-order valence-corrected chi connectivity index (χ3v) is 2.22. The molecule has 0 fully saturated rings. The van der Waals surface area contributed by atoms with Crippen LogP contribution < -0.4 is 16.6 Å². The first-order chi connectivity index (χ1) is 8.31. The molecule has 1 amide bonds. The van der Waals surface area contributed by atoms with E-state index in [2.05, 4.69) is 10.3 Å². The van der Waals surface area contributed by atoms with Gasteiger partial charge < -0.3 is 15.4 Å². The molecular formula is C10H13N3O5. The number of hydrogen-bond acceptors (Lipinski definition) is 4. The van der Waals surface area contributed by atoms with E-state index >= 15 is 0 Å². The number of carboxylic acids is 1. The molecule has 1 rings (SSSR count). The van der Waals surface area contributed by atoms with E-state index in [1.807, 2.05) is 4.98 Å². The standard InChI is InChI=1S/C10H13N3O5/c1-4(2)7(9(16)17)13-8(15)5-3-6(14)12-10(18)11-5/h3-4,7H,1-2H3,(H,13,15)(H,16,17)(H2,11,12,14,18)/t7-/m1/s1. The molecule has 0 bridgehead atoms. The van der Waals surface area contributed by atoms with E-state index < -0.39 is 29.2 Å². The second-order valence-electron chi connectivity index (χ2n) is 4.03. The van der Waals surface area contributed by atoms with Crippen molar-refractivity contribution in [2.75, 3.05) is 0 Å². The van der Waals surface area contributed by atoms with E-state index in [-0.39, 0.29) is 11.6 Å². The number of aliphatic carboxylic acids is 1. The van der Waals surface area contributed by atoms with Gasteiger partial charge in [0, 0.05) is 6.07 Å². The van der Waals surface area contributed by atoms with Gasteiger partial charge in [0.1, 0.15) is 11.7 Å². The fourth-order valence-electron chi connectivity index (χ4n) is 1.32. The zero-order chi connectivity index (χ0) is 13.9. The van der Waals surface area contributed by atoms with Gasteiger partial charge in [0.15, 0.2) is 0 Å². The summed E-state index contributed by atoms with van der Waals surface area (Å²) in [5, 5.41) is 11.1. The summed E-state index contributed by atoms with van der Waals surface area (Å²) in [6.45, 7) is 3.25. The van der Waals surface area contributed by atoms with E-state index in [1.54, 1.807) is 13.8 Å². The number of carbonyl (C=O) groups excluding carboxylic acids is 1. The molecule has 0 spiro atoms. The second kappa shape index (κ2) is 5.30. The van der Waals surface area contributed by atoms with E-state index in [9.17, 15) is 19.2 Å². The Labute approximate surface area is 101 Å². The zero-order valence-electron chi connectivity index (χ0n) is 9.81. The summed E-state index contributed by atoms with van der Waals surface area (Å²) in [6.07, 6.45) is 0. The highest BCUT2D eigenvalue weighted by Gasteiger charge is 2.24. The van der Waals surface area contributed by atoms with Crippen LogP contribution in [0.25, 0.3) is 0 Å². The first-order valence-electron chi connectivity index (χ1n) is 5.18. The zero-order valence-corrected chi connectivity index (χ0v) is 9.81. The van der Waals surface area contributed by atoms with Crippen molar-refractivity contribution in [3.8, 4) is 0 Å². The van der Waals surface area contributed by atoms with E-state index in [1.165, 1.54) is 0 Å². The number of rotatable bonds is 4. The molecule has 0 aliphatic carbocycles. The number of aromatic nitrogens is 2. The predicted molar refractivity (Wildman–Crippen MR) is 61.4 cm³/mol. The summed E-state index contributed by atoms with van der Waals surface area (Å²) < 4.78 is 0. The van der Waals surface area contributed by atoms with Crippen molar-refractivity contribution in [1.82, 2.24) is 15.3 Å². The quantitative estimate of drug-likeness (QED) is 0.542. The molecule has 0 aliphatic rings. The van der Waals surface area contributed by atoms with E-state index in [0.717, 1.165) is 6.07 Å². The number of carbonyl (C=O) groups is 2. The van der Waals surface area contributed by atoms with Gasteiger partial charge in [-0.05, 0) is 5.92 Å². The minimum atomic E-state index is -1.19. The molecule has 1 aromatic heterocycles. The lowest BCUT2D eigenvalue weighted by Crippen LogP contribution is -2.45. The molecule has 0 aromatic carbocycles. The lowest BCUT2D eigenvalue weighted by Gasteiger charge is -2.17. The third-order valence-electron chi connectivity index (χ3n) is 2.22. The predicted octanol–water partition coefficient (Wildman–Crippen LogP) is -1.10. The van der Waals surface area contributed by atoms with Gasteiger partial charge in [-0.3, -0.25) is 14.6 Å². The maximum absolute atomic E-state index is 11.7. The molecular weight excluding hydrogens is 242 g/mol. The average molecular weight is 255 g/mol. The molecule has 8 nitrogen and oxygen atoms in total. The van der Waals surface area contributed by atoms with Gasteiger partial charge in [-0.25, -0.2) is 9.59 Å². The van der Waals surface area contributed by atoms with Crippen LogP contribution in [0.15, 0.2) is 15.7 Å². The summed E-state index contributed by atoms with van der Waals surface area (Å²) in [5.41, 5.74) is -1.85. The summed E-state index contributed by atoms with van der Waals surface area (Å²) in [5.74, 6) is -2.34. The van der Waals surface area contributed by atoms with Crippen LogP contribution in [0.2, 0.25) is 0 Å². The monoisotopic (exact) mass is 255 g/mol. The van der Waals surface area contributed by atoms with Crippen molar-refractivity contribution in [2.24, 2.45) is 5.92 Å². The van der Waals surface area contributed by atoms with Gasteiger partial charge in [-0.2, -0.15) is 0 Å². The summed E-state index contributed by atoms with van der Waals surface area (Å²) >= 11 is 0. The lowest BCUT2D eigenvalue weighted by molar-refractivity contribution is -0.140. The Hall–Kier alpha value is -2.38. The largest absolute Gasteiger partial charge is 0.480 e. The van der Waals surface area contributed by atoms with Crippen LogP contribution in [-0.4, -0.2) is 33.0 Å². The van der Waals surface area contributed by atoms with E-state index in [4.69, 9.17) is 5.11 Å². The molecule has 1 aromatic rings. The number of H-pyrrole nitrogens is 2. The van der Waals surface area contributed by atoms with E-state index in [0.29, 0.717) is 0 Å². The third kappa shape index (κ3) is 3.30. The summed E-state index contributed by atoms with van der Waals surface area (Å²) in [4.78, 5) is 48.5. The summed E-state index contributed by atoms with van der Waals surface area (Å²) in [7, 11) is 0. The van der Waals surface area contributed by atoms with Gasteiger partial charge in [-0.1, -0.05) is 13.8 Å². The van der Waals surface area contributed by atoms with Crippen molar-refractivity contribution < 1.29 is 14.7 Å². The van der Waals surface area contributed by atoms with Crippen LogP contribution in [0.4, 0.5) is 0 Å². The highest BCUT2D eigenvalue weighted by molar-refractivity contribution is 5.94. The molecule has 4 N–H and O–H groups in total. The highest BCUT2D eigenvalue weighted by atomic mass is 16.4. The van der Waals surface area contributed by atoms with Crippen LogP contribution in [0, 0.1) is 5.92 Å². The minimum Gasteiger partial charge on any atom is -0.480 e. The van der Waals surface area contributed by atoms with Crippen LogP contribution in [0.5, 0.6) is 0 Å². The van der Waals surface area contributed by atoms with Crippen LogP contribution in [0.3, 0.4) is 0 Å². The number of carboxylic acid groups (broad SMARTS) is 1. The van der Waals surface area contributed by atoms with Gasteiger partial charge in [0.2, 0.25) is 0 Å². The Morgan fingerprint density at radius 1 is 1.28 bits per heavy atom. The topological polar surface area (TPSA) is 132 Å². The Kier molecular flexibility index (Phi) is 4.03. The molecule has 0 radical (unpaired) electrons. The average Bonchev–Trinajstić information content (AvgIpc) is 2.23. The first kappa shape index (κ1) is 13.7. The number of nitrogens with one attached hydrogen (secondary N) is 3. The molecule has 1 atom stereocenters. The molecule has 8 heteroatoms. The summed E-state index contributed by atoms with van der Waals surface area (Å²) in [6, 6.07) is -0.212. The number of hydrogen-bond donors (Lipinski definition) is 4. The number of aromatic amines is 2. The fraction of sp³-hybridized carbons (Fsp3) is 0.400. The van der Waals surface area contributed by atoms with Crippen LogP contribution in [0.1, 0.15) is 24.3 Å². The maximum Gasteiger partial charge on any atom is 0.326 e. The SMILES string of the molecule is CC(C)[C@@H](NC(=O)c1cc(=O)[nH]c(=O)[nH]1)C(=O)O. The Morgan fingerprint density at radius 3 is 2.33 bits per heavy atom. The maximum atomic E-state index is 11.7. The van der Waals surface area contributed by atoms with Gasteiger partial charge in [0.25, 0.3) is 11.5 Å². The molecule has 1 heterocycles. The van der Waals surface area contributed by atoms with Gasteiger partial charge in [0.05, 0.1) is 0 Å². The molecule has 18 heavy (non-hydrogen) atoms. The molecule has 0 unspecified atom stereocenters. The number of amides is 1.